The Labute approximate surface area is 108 Å². The maximum Gasteiger partial charge on any atom is 0.374 e. The molecular formula is C12H10ClNO4. The minimum Gasteiger partial charge on any atom is -0.496 e. The highest BCUT2D eigenvalue weighted by atomic mass is 35.5. The van der Waals surface area contributed by atoms with Gasteiger partial charge in [0.2, 0.25) is 5.76 Å². The van der Waals surface area contributed by atoms with Crippen LogP contribution in [-0.4, -0.2) is 23.3 Å². The number of carboxylic acid groups (broad SMARTS) is 1. The summed E-state index contributed by atoms with van der Waals surface area (Å²) in [6.45, 7) is 1.86. The zero-order valence-electron chi connectivity index (χ0n) is 9.73. The van der Waals surface area contributed by atoms with E-state index >= 15 is 0 Å². The molecule has 5 nitrogen and oxygen atoms in total. The SMILES string of the molecule is COc1c(C)ccc(Cl)c1-c1cc(C(=O)O)on1. The van der Waals surface area contributed by atoms with E-state index in [2.05, 4.69) is 5.16 Å². The zero-order valence-corrected chi connectivity index (χ0v) is 10.5. The second-order valence-corrected chi connectivity index (χ2v) is 4.06. The van der Waals surface area contributed by atoms with Crippen LogP contribution in [0, 0.1) is 6.92 Å². The Morgan fingerprint density at radius 3 is 2.78 bits per heavy atom. The number of rotatable bonds is 3. The summed E-state index contributed by atoms with van der Waals surface area (Å²) in [4.78, 5) is 10.8. The van der Waals surface area contributed by atoms with Gasteiger partial charge < -0.3 is 14.4 Å². The number of benzene rings is 1. The lowest BCUT2D eigenvalue weighted by molar-refractivity contribution is 0.0652. The summed E-state index contributed by atoms with van der Waals surface area (Å²) in [5.74, 6) is -0.881. The predicted molar refractivity (Wildman–Crippen MR) is 65.2 cm³/mol. The number of hydrogen-bond acceptors (Lipinski definition) is 4. The Balaban J connectivity index is 2.62. The van der Waals surface area contributed by atoms with Crippen molar-refractivity contribution in [3.63, 3.8) is 0 Å². The summed E-state index contributed by atoms with van der Waals surface area (Å²) >= 11 is 6.09. The lowest BCUT2D eigenvalue weighted by atomic mass is 10.1. The largest absolute Gasteiger partial charge is 0.496 e. The first-order valence-electron chi connectivity index (χ1n) is 5.08. The Kier molecular flexibility index (Phi) is 3.25. The average molecular weight is 268 g/mol. The number of carboxylic acids is 1. The molecule has 0 spiro atoms. The van der Waals surface area contributed by atoms with Gasteiger partial charge >= 0.3 is 5.97 Å². The molecule has 1 aromatic heterocycles. The molecule has 0 amide bonds. The van der Waals surface area contributed by atoms with E-state index in [0.29, 0.717) is 22.0 Å². The lowest BCUT2D eigenvalue weighted by Crippen LogP contribution is -1.93. The minimum absolute atomic E-state index is 0.246. The number of ether oxygens (including phenoxy) is 1. The van der Waals surface area contributed by atoms with Crippen LogP contribution in [0.5, 0.6) is 5.75 Å². The molecule has 0 bridgehead atoms. The van der Waals surface area contributed by atoms with Gasteiger partial charge in [0.15, 0.2) is 0 Å². The van der Waals surface area contributed by atoms with Crippen molar-refractivity contribution in [3.8, 4) is 17.0 Å². The predicted octanol–water partition coefficient (Wildman–Crippen LogP) is 3.01. The minimum atomic E-state index is -1.18. The van der Waals surface area contributed by atoms with Gasteiger partial charge in [0, 0.05) is 6.07 Å². The first kappa shape index (κ1) is 12.4. The number of aromatic nitrogens is 1. The number of nitrogens with zero attached hydrogens (tertiary/aromatic N) is 1. The number of methoxy groups -OCH3 is 1. The van der Waals surface area contributed by atoms with Crippen LogP contribution in [-0.2, 0) is 0 Å². The molecule has 0 aliphatic rings. The Hall–Kier alpha value is -2.01. The van der Waals surface area contributed by atoms with Crippen molar-refractivity contribution in [2.75, 3.05) is 7.11 Å². The second kappa shape index (κ2) is 4.70. The summed E-state index contributed by atoms with van der Waals surface area (Å²) in [7, 11) is 1.51. The number of carbonyl (C=O) groups is 1. The van der Waals surface area contributed by atoms with Crippen molar-refractivity contribution in [2.24, 2.45) is 0 Å². The Morgan fingerprint density at radius 1 is 1.50 bits per heavy atom. The van der Waals surface area contributed by atoms with Crippen LogP contribution in [0.15, 0.2) is 22.7 Å². The van der Waals surface area contributed by atoms with E-state index in [1.807, 2.05) is 13.0 Å². The van der Waals surface area contributed by atoms with Crippen molar-refractivity contribution in [3.05, 3.63) is 34.5 Å². The Bertz CT molecular complexity index is 606. The third-order valence-electron chi connectivity index (χ3n) is 2.48. The number of hydrogen-bond donors (Lipinski definition) is 1. The molecular weight excluding hydrogens is 258 g/mol. The molecule has 0 saturated heterocycles. The van der Waals surface area contributed by atoms with Gasteiger partial charge in [-0.1, -0.05) is 22.8 Å². The van der Waals surface area contributed by atoms with Gasteiger partial charge in [-0.15, -0.1) is 0 Å². The zero-order chi connectivity index (χ0) is 13.3. The molecule has 6 heteroatoms. The number of halogens is 1. The van der Waals surface area contributed by atoms with Crippen LogP contribution in [0.2, 0.25) is 5.02 Å². The molecule has 0 unspecified atom stereocenters. The quantitative estimate of drug-likeness (QED) is 0.925. The molecule has 0 aliphatic carbocycles. The van der Waals surface area contributed by atoms with Crippen molar-refractivity contribution < 1.29 is 19.2 Å². The van der Waals surface area contributed by atoms with Gasteiger partial charge in [0.1, 0.15) is 11.4 Å². The topological polar surface area (TPSA) is 72.6 Å². The highest BCUT2D eigenvalue weighted by Crippen LogP contribution is 2.38. The highest BCUT2D eigenvalue weighted by Gasteiger charge is 2.19. The molecule has 1 heterocycles. The monoisotopic (exact) mass is 267 g/mol. The maximum atomic E-state index is 10.8. The molecule has 0 atom stereocenters. The first-order valence-corrected chi connectivity index (χ1v) is 5.46. The lowest BCUT2D eigenvalue weighted by Gasteiger charge is -2.10. The van der Waals surface area contributed by atoms with Gasteiger partial charge in [-0.25, -0.2) is 4.79 Å². The summed E-state index contributed by atoms with van der Waals surface area (Å²) in [6, 6.07) is 4.82. The van der Waals surface area contributed by atoms with Gasteiger partial charge in [0.05, 0.1) is 17.7 Å². The van der Waals surface area contributed by atoms with Crippen molar-refractivity contribution in [1.82, 2.24) is 5.16 Å². The molecule has 2 rings (SSSR count). The molecule has 1 aromatic carbocycles. The average Bonchev–Trinajstić information content (AvgIpc) is 2.81. The molecule has 18 heavy (non-hydrogen) atoms. The summed E-state index contributed by atoms with van der Waals surface area (Å²) in [6.07, 6.45) is 0. The van der Waals surface area contributed by atoms with E-state index in [9.17, 15) is 4.79 Å². The summed E-state index contributed by atoms with van der Waals surface area (Å²) in [5, 5.41) is 12.9. The first-order chi connectivity index (χ1) is 8.54. The molecule has 0 aliphatic heterocycles. The third-order valence-corrected chi connectivity index (χ3v) is 2.80. The van der Waals surface area contributed by atoms with Crippen LogP contribution in [0.4, 0.5) is 0 Å². The van der Waals surface area contributed by atoms with Gasteiger partial charge in [-0.05, 0) is 18.6 Å². The van der Waals surface area contributed by atoms with Crippen LogP contribution >= 0.6 is 11.6 Å². The normalized spacial score (nSPS) is 10.4. The van der Waals surface area contributed by atoms with Crippen molar-refractivity contribution in [2.45, 2.75) is 6.92 Å². The van der Waals surface area contributed by atoms with Crippen molar-refractivity contribution >= 4 is 17.6 Å². The standard InChI is InChI=1S/C12H10ClNO4/c1-6-3-4-7(13)10(11(6)17-2)8-5-9(12(15)16)18-14-8/h3-5H,1-2H3,(H,15,16). The van der Waals surface area contributed by atoms with Crippen LogP contribution < -0.4 is 4.74 Å². The molecule has 94 valence electrons. The van der Waals surface area contributed by atoms with E-state index in [0.717, 1.165) is 5.56 Å². The van der Waals surface area contributed by atoms with E-state index in [1.165, 1.54) is 13.2 Å². The fourth-order valence-electron chi connectivity index (χ4n) is 1.66. The smallest absolute Gasteiger partial charge is 0.374 e. The Morgan fingerprint density at radius 2 is 2.22 bits per heavy atom. The van der Waals surface area contributed by atoms with Gasteiger partial charge in [0.25, 0.3) is 0 Å². The molecule has 1 N–H and O–H groups in total. The van der Waals surface area contributed by atoms with Gasteiger partial charge in [-0.3, -0.25) is 0 Å². The van der Waals surface area contributed by atoms with E-state index in [4.69, 9.17) is 26.0 Å². The van der Waals surface area contributed by atoms with E-state index in [1.54, 1.807) is 6.07 Å². The second-order valence-electron chi connectivity index (χ2n) is 3.65. The summed E-state index contributed by atoms with van der Waals surface area (Å²) < 4.78 is 9.98. The van der Waals surface area contributed by atoms with Crippen LogP contribution in [0.25, 0.3) is 11.3 Å². The van der Waals surface area contributed by atoms with Crippen LogP contribution in [0.3, 0.4) is 0 Å². The molecule has 2 aromatic rings. The van der Waals surface area contributed by atoms with Crippen LogP contribution in [0.1, 0.15) is 16.1 Å². The number of aromatic carboxylic acids is 1. The van der Waals surface area contributed by atoms with Crippen molar-refractivity contribution in [1.29, 1.82) is 0 Å². The van der Waals surface area contributed by atoms with E-state index < -0.39 is 5.97 Å². The third kappa shape index (κ3) is 2.04. The summed E-state index contributed by atoms with van der Waals surface area (Å²) in [5.41, 5.74) is 1.73. The molecule has 0 saturated carbocycles. The fourth-order valence-corrected chi connectivity index (χ4v) is 1.90. The molecule has 0 fully saturated rings. The maximum absolute atomic E-state index is 10.8. The highest BCUT2D eigenvalue weighted by molar-refractivity contribution is 6.33. The number of aryl methyl sites for hydroxylation is 1. The fraction of sp³-hybridized carbons (Fsp3) is 0.167. The van der Waals surface area contributed by atoms with E-state index in [-0.39, 0.29) is 5.76 Å². The van der Waals surface area contributed by atoms with Gasteiger partial charge in [-0.2, -0.15) is 0 Å². The molecule has 0 radical (unpaired) electrons.